The quantitative estimate of drug-likeness (QED) is 0.579. The van der Waals surface area contributed by atoms with E-state index in [2.05, 4.69) is 4.98 Å². The molecule has 0 aliphatic carbocycles. The highest BCUT2D eigenvalue weighted by atomic mass is 35.5. The van der Waals surface area contributed by atoms with E-state index in [-0.39, 0.29) is 17.5 Å². The molecule has 1 aromatic heterocycles. The molecule has 26 heavy (non-hydrogen) atoms. The molecule has 1 amide bonds. The van der Waals surface area contributed by atoms with Gasteiger partial charge in [0.05, 0.1) is 16.7 Å². The van der Waals surface area contributed by atoms with Crippen LogP contribution in [0.15, 0.2) is 28.2 Å². The Hall–Kier alpha value is -1.53. The summed E-state index contributed by atoms with van der Waals surface area (Å²) in [5.41, 5.74) is 0.482. The van der Waals surface area contributed by atoms with Crippen molar-refractivity contribution in [1.29, 1.82) is 0 Å². The number of carbonyl (C=O) groups is 1. The van der Waals surface area contributed by atoms with E-state index in [1.807, 2.05) is 18.7 Å². The summed E-state index contributed by atoms with van der Waals surface area (Å²) in [5.74, 6) is 0.415. The van der Waals surface area contributed by atoms with Gasteiger partial charge >= 0.3 is 0 Å². The van der Waals surface area contributed by atoms with Crippen LogP contribution in [0.2, 0.25) is 5.02 Å². The van der Waals surface area contributed by atoms with Crippen molar-refractivity contribution < 1.29 is 4.79 Å². The normalized spacial score (nSPS) is 15.5. The molecule has 2 heterocycles. The van der Waals surface area contributed by atoms with E-state index < -0.39 is 0 Å². The van der Waals surface area contributed by atoms with Crippen molar-refractivity contribution in [2.75, 3.05) is 18.8 Å². The first-order valence-electron chi connectivity index (χ1n) is 9.10. The van der Waals surface area contributed by atoms with Gasteiger partial charge in [-0.3, -0.25) is 14.2 Å². The maximum Gasteiger partial charge on any atom is 0.262 e. The summed E-state index contributed by atoms with van der Waals surface area (Å²) in [6.45, 7) is 5.56. The zero-order chi connectivity index (χ0) is 18.7. The smallest absolute Gasteiger partial charge is 0.262 e. The van der Waals surface area contributed by atoms with Gasteiger partial charge in [0, 0.05) is 24.2 Å². The first-order valence-corrected chi connectivity index (χ1v) is 10.5. The van der Waals surface area contributed by atoms with Crippen LogP contribution >= 0.6 is 23.4 Å². The van der Waals surface area contributed by atoms with E-state index in [0.29, 0.717) is 26.8 Å². The largest absolute Gasteiger partial charge is 0.342 e. The molecular weight excluding hydrogens is 370 g/mol. The second-order valence-corrected chi connectivity index (χ2v) is 8.29. The van der Waals surface area contributed by atoms with Gasteiger partial charge in [-0.2, -0.15) is 0 Å². The molecule has 0 atom stereocenters. The Morgan fingerprint density at radius 1 is 1.23 bits per heavy atom. The number of hydrogen-bond donors (Lipinski definition) is 0. The van der Waals surface area contributed by atoms with E-state index in [1.54, 1.807) is 22.8 Å². The Kier molecular flexibility index (Phi) is 6.24. The number of halogens is 1. The van der Waals surface area contributed by atoms with Crippen LogP contribution in [0.1, 0.15) is 45.6 Å². The average molecular weight is 394 g/mol. The van der Waals surface area contributed by atoms with E-state index in [1.165, 1.54) is 24.6 Å². The molecule has 0 bridgehead atoms. The highest BCUT2D eigenvalue weighted by Gasteiger charge is 2.19. The fourth-order valence-electron chi connectivity index (χ4n) is 3.25. The van der Waals surface area contributed by atoms with Crippen molar-refractivity contribution in [3.63, 3.8) is 0 Å². The fraction of sp³-hybridized carbons (Fsp3) is 0.526. The SMILES string of the molecule is CC(C)n1c(SCC(=O)N2CCCCCC2)nc2cc(Cl)ccc2c1=O. The van der Waals surface area contributed by atoms with Gasteiger partial charge in [-0.15, -0.1) is 0 Å². The van der Waals surface area contributed by atoms with Crippen molar-refractivity contribution in [2.45, 2.75) is 50.7 Å². The van der Waals surface area contributed by atoms with Gasteiger partial charge in [0.25, 0.3) is 5.56 Å². The summed E-state index contributed by atoms with van der Waals surface area (Å²) in [4.78, 5) is 32.0. The molecule has 1 aromatic carbocycles. The third kappa shape index (κ3) is 4.23. The van der Waals surface area contributed by atoms with E-state index >= 15 is 0 Å². The standard InChI is InChI=1S/C19H24ClN3O2S/c1-13(2)23-18(25)15-8-7-14(20)11-16(15)21-19(23)26-12-17(24)22-9-5-3-4-6-10-22/h7-8,11,13H,3-6,9-10,12H2,1-2H3. The Morgan fingerprint density at radius 3 is 2.58 bits per heavy atom. The van der Waals surface area contributed by atoms with Crippen molar-refractivity contribution in [1.82, 2.24) is 14.5 Å². The molecule has 1 fully saturated rings. The number of aromatic nitrogens is 2. The molecule has 0 N–H and O–H groups in total. The number of fused-ring (bicyclic) bond motifs is 1. The fourth-order valence-corrected chi connectivity index (χ4v) is 4.44. The van der Waals surface area contributed by atoms with E-state index in [9.17, 15) is 9.59 Å². The second-order valence-electron chi connectivity index (χ2n) is 6.91. The van der Waals surface area contributed by atoms with Crippen molar-refractivity contribution in [2.24, 2.45) is 0 Å². The van der Waals surface area contributed by atoms with E-state index in [4.69, 9.17) is 11.6 Å². The van der Waals surface area contributed by atoms with Gasteiger partial charge in [-0.25, -0.2) is 4.98 Å². The third-order valence-electron chi connectivity index (χ3n) is 4.63. The van der Waals surface area contributed by atoms with Crippen LogP contribution < -0.4 is 5.56 Å². The Bertz CT molecular complexity index is 858. The summed E-state index contributed by atoms with van der Waals surface area (Å²) >= 11 is 7.39. The highest BCUT2D eigenvalue weighted by molar-refractivity contribution is 7.99. The van der Waals surface area contributed by atoms with Crippen molar-refractivity contribution >= 4 is 40.2 Å². The number of carbonyl (C=O) groups excluding carboxylic acids is 1. The molecule has 0 unspecified atom stereocenters. The lowest BCUT2D eigenvalue weighted by molar-refractivity contribution is -0.128. The Morgan fingerprint density at radius 2 is 1.92 bits per heavy atom. The lowest BCUT2D eigenvalue weighted by Crippen LogP contribution is -2.33. The van der Waals surface area contributed by atoms with Crippen LogP contribution in [0.4, 0.5) is 0 Å². The number of nitrogens with zero attached hydrogens (tertiary/aromatic N) is 3. The predicted molar refractivity (Wildman–Crippen MR) is 107 cm³/mol. The van der Waals surface area contributed by atoms with E-state index in [0.717, 1.165) is 25.9 Å². The van der Waals surface area contributed by atoms with Gasteiger partial charge in [-0.1, -0.05) is 36.2 Å². The minimum atomic E-state index is -0.0913. The second kappa shape index (κ2) is 8.44. The zero-order valence-electron chi connectivity index (χ0n) is 15.2. The van der Waals surface area contributed by atoms with Crippen LogP contribution in [0.25, 0.3) is 10.9 Å². The number of thioether (sulfide) groups is 1. The average Bonchev–Trinajstić information content (AvgIpc) is 2.88. The van der Waals surface area contributed by atoms with Crippen LogP contribution in [0, 0.1) is 0 Å². The van der Waals surface area contributed by atoms with Crippen LogP contribution in [-0.4, -0.2) is 39.2 Å². The first-order chi connectivity index (χ1) is 12.5. The number of amides is 1. The number of likely N-dealkylation sites (tertiary alicyclic amines) is 1. The van der Waals surface area contributed by atoms with Gasteiger partial charge in [-0.05, 0) is 44.9 Å². The predicted octanol–water partition coefficient (Wildman–Crippen LogP) is 4.13. The van der Waals surface area contributed by atoms with Crippen LogP contribution in [0.5, 0.6) is 0 Å². The zero-order valence-corrected chi connectivity index (χ0v) is 16.8. The number of rotatable bonds is 4. The molecule has 1 aliphatic rings. The van der Waals surface area contributed by atoms with Crippen molar-refractivity contribution in [3.8, 4) is 0 Å². The molecule has 0 saturated carbocycles. The van der Waals surface area contributed by atoms with Gasteiger partial charge < -0.3 is 4.90 Å². The minimum Gasteiger partial charge on any atom is -0.342 e. The third-order valence-corrected chi connectivity index (χ3v) is 5.80. The van der Waals surface area contributed by atoms with Gasteiger partial charge in [0.15, 0.2) is 5.16 Å². The molecule has 3 rings (SSSR count). The van der Waals surface area contributed by atoms with Crippen LogP contribution in [0.3, 0.4) is 0 Å². The molecule has 2 aromatic rings. The Labute approximate surface area is 162 Å². The number of hydrogen-bond acceptors (Lipinski definition) is 4. The lowest BCUT2D eigenvalue weighted by Gasteiger charge is -2.21. The summed E-state index contributed by atoms with van der Waals surface area (Å²) in [6.07, 6.45) is 4.52. The van der Waals surface area contributed by atoms with Crippen LogP contribution in [-0.2, 0) is 4.79 Å². The minimum absolute atomic E-state index is 0.0362. The molecular formula is C19H24ClN3O2S. The molecule has 0 spiro atoms. The summed E-state index contributed by atoms with van der Waals surface area (Å²) in [5, 5.41) is 1.66. The number of benzene rings is 1. The lowest BCUT2D eigenvalue weighted by atomic mass is 10.2. The summed E-state index contributed by atoms with van der Waals surface area (Å²) < 4.78 is 1.66. The summed E-state index contributed by atoms with van der Waals surface area (Å²) in [6, 6.07) is 5.07. The monoisotopic (exact) mass is 393 g/mol. The van der Waals surface area contributed by atoms with Crippen molar-refractivity contribution in [3.05, 3.63) is 33.6 Å². The molecule has 1 saturated heterocycles. The molecule has 140 valence electrons. The molecule has 7 heteroatoms. The highest BCUT2D eigenvalue weighted by Crippen LogP contribution is 2.23. The molecule has 0 radical (unpaired) electrons. The molecule has 1 aliphatic heterocycles. The summed E-state index contributed by atoms with van der Waals surface area (Å²) in [7, 11) is 0. The van der Waals surface area contributed by atoms with Gasteiger partial charge in [0.1, 0.15) is 0 Å². The first kappa shape index (κ1) is 19.2. The maximum absolute atomic E-state index is 12.9. The Balaban J connectivity index is 1.87. The maximum atomic E-state index is 12.9. The molecule has 5 nitrogen and oxygen atoms in total. The van der Waals surface area contributed by atoms with Gasteiger partial charge in [0.2, 0.25) is 5.91 Å². The topological polar surface area (TPSA) is 55.2 Å².